The second-order valence-electron chi connectivity index (χ2n) is 4.70. The van der Waals surface area contributed by atoms with Crippen molar-refractivity contribution >= 4 is 16.6 Å². The molecule has 19 heavy (non-hydrogen) atoms. The van der Waals surface area contributed by atoms with Gasteiger partial charge in [0.2, 0.25) is 5.78 Å². The summed E-state index contributed by atoms with van der Waals surface area (Å²) < 4.78 is 27.5. The van der Waals surface area contributed by atoms with Crippen molar-refractivity contribution in [3.05, 3.63) is 48.0 Å². The van der Waals surface area contributed by atoms with Crippen LogP contribution in [0, 0.1) is 0 Å². The molecule has 0 N–H and O–H groups in total. The minimum absolute atomic E-state index is 0.0832. The number of hydrogen-bond donors (Lipinski definition) is 0. The maximum absolute atomic E-state index is 13.7. The van der Waals surface area contributed by atoms with Crippen LogP contribution in [0.4, 0.5) is 8.78 Å². The van der Waals surface area contributed by atoms with Crippen LogP contribution in [0.5, 0.6) is 0 Å². The van der Waals surface area contributed by atoms with Gasteiger partial charge in [-0.3, -0.25) is 4.79 Å². The SMILES string of the molecule is CCCCC(F)(F)C(=O)c1ccc2ccccc2c1. The van der Waals surface area contributed by atoms with Crippen LogP contribution in [0.15, 0.2) is 42.5 Å². The van der Waals surface area contributed by atoms with Gasteiger partial charge in [0.05, 0.1) is 0 Å². The standard InChI is InChI=1S/C16H16F2O/c1-2-3-10-16(17,18)15(19)14-9-8-12-6-4-5-7-13(12)11-14/h4-9,11H,2-3,10H2,1H3. The van der Waals surface area contributed by atoms with Gasteiger partial charge in [-0.2, -0.15) is 8.78 Å². The molecule has 0 aliphatic heterocycles. The maximum Gasteiger partial charge on any atom is 0.309 e. The molecule has 0 saturated heterocycles. The number of carbonyl (C=O) groups is 1. The highest BCUT2D eigenvalue weighted by Crippen LogP contribution is 2.27. The highest BCUT2D eigenvalue weighted by molar-refractivity contribution is 6.04. The average Bonchev–Trinajstić information content (AvgIpc) is 2.44. The number of ketones is 1. The molecule has 0 saturated carbocycles. The second-order valence-corrected chi connectivity index (χ2v) is 4.70. The Morgan fingerprint density at radius 3 is 2.47 bits per heavy atom. The van der Waals surface area contributed by atoms with Gasteiger partial charge in [0, 0.05) is 12.0 Å². The molecule has 3 heteroatoms. The smallest absolute Gasteiger partial charge is 0.287 e. The number of rotatable bonds is 5. The number of Topliss-reactive ketones (excluding diaryl/α,β-unsaturated/α-hetero) is 1. The van der Waals surface area contributed by atoms with Gasteiger partial charge in [-0.15, -0.1) is 0 Å². The van der Waals surface area contributed by atoms with E-state index in [4.69, 9.17) is 0 Å². The van der Waals surface area contributed by atoms with Crippen LogP contribution < -0.4 is 0 Å². The van der Waals surface area contributed by atoms with Crippen LogP contribution in [0.1, 0.15) is 36.5 Å². The number of benzene rings is 2. The summed E-state index contributed by atoms with van der Waals surface area (Å²) >= 11 is 0. The van der Waals surface area contributed by atoms with E-state index in [0.29, 0.717) is 12.8 Å². The second kappa shape index (κ2) is 5.47. The fourth-order valence-corrected chi connectivity index (χ4v) is 2.05. The van der Waals surface area contributed by atoms with Crippen molar-refractivity contribution < 1.29 is 13.6 Å². The molecule has 0 fully saturated rings. The lowest BCUT2D eigenvalue weighted by Gasteiger charge is -2.14. The Morgan fingerprint density at radius 1 is 1.11 bits per heavy atom. The number of fused-ring (bicyclic) bond motifs is 1. The molecule has 2 aromatic rings. The summed E-state index contributed by atoms with van der Waals surface area (Å²) in [5.41, 5.74) is 0.0832. The Bertz CT molecular complexity index is 590. The molecule has 0 heterocycles. The molecule has 0 unspecified atom stereocenters. The Morgan fingerprint density at radius 2 is 1.79 bits per heavy atom. The summed E-state index contributed by atoms with van der Waals surface area (Å²) in [6, 6.07) is 12.1. The molecule has 0 aliphatic carbocycles. The summed E-state index contributed by atoms with van der Waals surface area (Å²) in [5, 5.41) is 1.75. The minimum atomic E-state index is -3.27. The van der Waals surface area contributed by atoms with Crippen molar-refractivity contribution in [2.45, 2.75) is 32.1 Å². The van der Waals surface area contributed by atoms with Gasteiger partial charge in [-0.05, 0) is 23.3 Å². The monoisotopic (exact) mass is 262 g/mol. The summed E-state index contributed by atoms with van der Waals surface area (Å²) in [5.74, 6) is -4.34. The van der Waals surface area contributed by atoms with E-state index in [1.165, 1.54) is 12.1 Å². The fourth-order valence-electron chi connectivity index (χ4n) is 2.05. The van der Waals surface area contributed by atoms with Gasteiger partial charge in [0.1, 0.15) is 0 Å². The van der Waals surface area contributed by atoms with E-state index >= 15 is 0 Å². The van der Waals surface area contributed by atoms with E-state index < -0.39 is 11.7 Å². The lowest BCUT2D eigenvalue weighted by Crippen LogP contribution is -2.28. The van der Waals surface area contributed by atoms with Crippen LogP contribution in [-0.2, 0) is 0 Å². The van der Waals surface area contributed by atoms with Gasteiger partial charge in [-0.25, -0.2) is 0 Å². The molecule has 0 radical (unpaired) electrons. The van der Waals surface area contributed by atoms with Gasteiger partial charge in [0.15, 0.2) is 0 Å². The quantitative estimate of drug-likeness (QED) is 0.704. The number of unbranched alkanes of at least 4 members (excludes halogenated alkanes) is 1. The van der Waals surface area contributed by atoms with E-state index in [2.05, 4.69) is 0 Å². The highest BCUT2D eigenvalue weighted by Gasteiger charge is 2.38. The predicted molar refractivity (Wildman–Crippen MR) is 72.8 cm³/mol. The molecule has 0 aliphatic rings. The largest absolute Gasteiger partial charge is 0.309 e. The lowest BCUT2D eigenvalue weighted by atomic mass is 9.98. The van der Waals surface area contributed by atoms with Crippen molar-refractivity contribution in [2.24, 2.45) is 0 Å². The van der Waals surface area contributed by atoms with Crippen molar-refractivity contribution in [1.29, 1.82) is 0 Å². The summed E-state index contributed by atoms with van der Waals surface area (Å²) in [6.45, 7) is 1.83. The van der Waals surface area contributed by atoms with E-state index in [1.54, 1.807) is 6.07 Å². The van der Waals surface area contributed by atoms with Crippen molar-refractivity contribution in [3.63, 3.8) is 0 Å². The fraction of sp³-hybridized carbons (Fsp3) is 0.312. The van der Waals surface area contributed by atoms with E-state index in [1.807, 2.05) is 31.2 Å². The van der Waals surface area contributed by atoms with Gasteiger partial charge < -0.3 is 0 Å². The number of alkyl halides is 2. The lowest BCUT2D eigenvalue weighted by molar-refractivity contribution is 0.00367. The zero-order valence-electron chi connectivity index (χ0n) is 10.8. The summed E-state index contributed by atoms with van der Waals surface area (Å²) in [7, 11) is 0. The third-order valence-corrected chi connectivity index (χ3v) is 3.19. The Labute approximate surface area is 111 Å². The third-order valence-electron chi connectivity index (χ3n) is 3.19. The molecular formula is C16H16F2O. The molecule has 0 bridgehead atoms. The average molecular weight is 262 g/mol. The van der Waals surface area contributed by atoms with Crippen LogP contribution >= 0.6 is 0 Å². The molecule has 0 aromatic heterocycles. The predicted octanol–water partition coefficient (Wildman–Crippen LogP) is 4.85. The third kappa shape index (κ3) is 2.98. The molecule has 0 atom stereocenters. The van der Waals surface area contributed by atoms with Crippen molar-refractivity contribution in [3.8, 4) is 0 Å². The van der Waals surface area contributed by atoms with Crippen LogP contribution in [0.3, 0.4) is 0 Å². The first-order valence-corrected chi connectivity index (χ1v) is 6.46. The highest BCUT2D eigenvalue weighted by atomic mass is 19.3. The van der Waals surface area contributed by atoms with Crippen LogP contribution in [0.25, 0.3) is 10.8 Å². The van der Waals surface area contributed by atoms with E-state index in [0.717, 1.165) is 10.8 Å². The zero-order chi connectivity index (χ0) is 13.9. The summed E-state index contributed by atoms with van der Waals surface area (Å²) in [6.07, 6.45) is 0.627. The Hall–Kier alpha value is -1.77. The number of halogens is 2. The Kier molecular flexibility index (Phi) is 3.93. The minimum Gasteiger partial charge on any atom is -0.287 e. The van der Waals surface area contributed by atoms with Crippen LogP contribution in [-0.4, -0.2) is 11.7 Å². The molecule has 0 amide bonds. The van der Waals surface area contributed by atoms with E-state index in [9.17, 15) is 13.6 Å². The number of carbonyl (C=O) groups excluding carboxylic acids is 1. The zero-order valence-corrected chi connectivity index (χ0v) is 10.8. The number of hydrogen-bond acceptors (Lipinski definition) is 1. The normalized spacial score (nSPS) is 11.7. The van der Waals surface area contributed by atoms with Crippen LogP contribution in [0.2, 0.25) is 0 Å². The first-order valence-electron chi connectivity index (χ1n) is 6.46. The van der Waals surface area contributed by atoms with Gasteiger partial charge in [0.25, 0.3) is 0 Å². The summed E-state index contributed by atoms with van der Waals surface area (Å²) in [4.78, 5) is 11.9. The molecule has 1 nitrogen and oxygen atoms in total. The molecule has 0 spiro atoms. The van der Waals surface area contributed by atoms with Crippen molar-refractivity contribution in [1.82, 2.24) is 0 Å². The first kappa shape index (κ1) is 13.7. The first-order chi connectivity index (χ1) is 9.04. The van der Waals surface area contributed by atoms with Crippen molar-refractivity contribution in [2.75, 3.05) is 0 Å². The topological polar surface area (TPSA) is 17.1 Å². The molecule has 100 valence electrons. The van der Waals surface area contributed by atoms with Gasteiger partial charge >= 0.3 is 5.92 Å². The Balaban J connectivity index is 2.30. The molecule has 2 aromatic carbocycles. The van der Waals surface area contributed by atoms with E-state index in [-0.39, 0.29) is 12.0 Å². The maximum atomic E-state index is 13.7. The molecular weight excluding hydrogens is 246 g/mol. The molecule has 2 rings (SSSR count). The van der Waals surface area contributed by atoms with Gasteiger partial charge in [-0.1, -0.05) is 49.7 Å².